The van der Waals surface area contributed by atoms with E-state index in [-0.39, 0.29) is 17.8 Å². The highest BCUT2D eigenvalue weighted by Crippen LogP contribution is 2.46. The highest BCUT2D eigenvalue weighted by atomic mass is 32.2. The summed E-state index contributed by atoms with van der Waals surface area (Å²) in [6.45, 7) is 2.31. The van der Waals surface area contributed by atoms with Crippen molar-refractivity contribution in [2.45, 2.75) is 70.4 Å². The summed E-state index contributed by atoms with van der Waals surface area (Å²) in [5, 5.41) is 0. The quantitative estimate of drug-likeness (QED) is 0.726. The molecule has 126 valence electrons. The highest BCUT2D eigenvalue weighted by molar-refractivity contribution is 7.89. The Morgan fingerprint density at radius 3 is 2.64 bits per heavy atom. The van der Waals surface area contributed by atoms with Gasteiger partial charge in [-0.25, -0.2) is 8.42 Å². The minimum Gasteiger partial charge on any atom is -0.461 e. The van der Waals surface area contributed by atoms with Crippen molar-refractivity contribution in [1.29, 1.82) is 0 Å². The summed E-state index contributed by atoms with van der Waals surface area (Å²) < 4.78 is 31.9. The second-order valence-corrected chi connectivity index (χ2v) is 9.13. The van der Waals surface area contributed by atoms with Crippen molar-refractivity contribution in [1.82, 2.24) is 4.31 Å². The topological polar surface area (TPSA) is 63.7 Å². The third-order valence-electron chi connectivity index (χ3n) is 5.49. The van der Waals surface area contributed by atoms with Gasteiger partial charge < -0.3 is 4.74 Å². The van der Waals surface area contributed by atoms with Crippen LogP contribution in [0.15, 0.2) is 0 Å². The Morgan fingerprint density at radius 1 is 1.18 bits per heavy atom. The van der Waals surface area contributed by atoms with Crippen LogP contribution in [0.2, 0.25) is 0 Å². The Hall–Kier alpha value is -0.620. The zero-order valence-electron chi connectivity index (χ0n) is 13.4. The Kier molecular flexibility index (Phi) is 4.78. The van der Waals surface area contributed by atoms with Crippen LogP contribution in [0.4, 0.5) is 0 Å². The van der Waals surface area contributed by atoms with E-state index in [4.69, 9.17) is 4.74 Å². The molecule has 6 heteroatoms. The molecule has 1 aliphatic heterocycles. The molecule has 5 nitrogen and oxygen atoms in total. The van der Waals surface area contributed by atoms with Gasteiger partial charge in [0.15, 0.2) is 0 Å². The van der Waals surface area contributed by atoms with Crippen LogP contribution in [-0.4, -0.2) is 43.1 Å². The van der Waals surface area contributed by atoms with Gasteiger partial charge in [0.05, 0.1) is 5.75 Å². The molecule has 0 amide bonds. The first kappa shape index (κ1) is 16.2. The number of nitrogens with zero attached hydrogens (tertiary/aromatic N) is 1. The fourth-order valence-corrected chi connectivity index (χ4v) is 6.14. The van der Waals surface area contributed by atoms with E-state index in [0.29, 0.717) is 31.2 Å². The molecule has 3 fully saturated rings. The first-order valence-corrected chi connectivity index (χ1v) is 10.3. The molecule has 22 heavy (non-hydrogen) atoms. The van der Waals surface area contributed by atoms with Crippen molar-refractivity contribution < 1.29 is 17.9 Å². The molecule has 1 heterocycles. The normalized spacial score (nSPS) is 35.7. The molecule has 0 aromatic heterocycles. The van der Waals surface area contributed by atoms with E-state index in [9.17, 15) is 13.2 Å². The molecule has 2 bridgehead atoms. The first-order chi connectivity index (χ1) is 10.5. The molecule has 0 radical (unpaired) electrons. The van der Waals surface area contributed by atoms with Crippen LogP contribution in [0.5, 0.6) is 0 Å². The summed E-state index contributed by atoms with van der Waals surface area (Å²) in [5.41, 5.74) is 0. The third kappa shape index (κ3) is 3.18. The zero-order chi connectivity index (χ0) is 15.7. The van der Waals surface area contributed by atoms with Gasteiger partial charge in [0.25, 0.3) is 0 Å². The number of esters is 1. The van der Waals surface area contributed by atoms with Gasteiger partial charge in [-0.1, -0.05) is 6.92 Å². The van der Waals surface area contributed by atoms with Crippen molar-refractivity contribution >= 4 is 16.0 Å². The van der Waals surface area contributed by atoms with Gasteiger partial charge >= 0.3 is 5.97 Å². The van der Waals surface area contributed by atoms with Crippen molar-refractivity contribution in [2.24, 2.45) is 11.8 Å². The van der Waals surface area contributed by atoms with Crippen LogP contribution in [0, 0.1) is 11.8 Å². The third-order valence-corrected chi connectivity index (χ3v) is 7.56. The molecular formula is C16H27NO4S. The number of ether oxygens (including phenoxy) is 1. The largest absolute Gasteiger partial charge is 0.461 e. The standard InChI is InChI=1S/C16H27NO4S/c1-2-9-22(19,20)17-8-4-3-5-14(17)16(18)21-15-11-12-6-7-13(15)10-12/h12-15H,2-11H2,1H3/t12-,13-,14-,15-/m0/s1. The van der Waals surface area contributed by atoms with Crippen LogP contribution in [0.1, 0.15) is 58.3 Å². The van der Waals surface area contributed by atoms with E-state index in [0.717, 1.165) is 25.7 Å². The van der Waals surface area contributed by atoms with Crippen LogP contribution in [-0.2, 0) is 19.6 Å². The Labute approximate surface area is 133 Å². The zero-order valence-corrected chi connectivity index (χ0v) is 14.2. The molecule has 4 atom stereocenters. The van der Waals surface area contributed by atoms with Crippen molar-refractivity contribution in [3.8, 4) is 0 Å². The van der Waals surface area contributed by atoms with Crippen LogP contribution in [0.3, 0.4) is 0 Å². The summed E-state index contributed by atoms with van der Waals surface area (Å²) in [7, 11) is -3.34. The van der Waals surface area contributed by atoms with E-state index in [2.05, 4.69) is 0 Å². The average molecular weight is 329 g/mol. The first-order valence-electron chi connectivity index (χ1n) is 8.71. The summed E-state index contributed by atoms with van der Waals surface area (Å²) in [4.78, 5) is 12.6. The maximum Gasteiger partial charge on any atom is 0.324 e. The molecule has 0 aromatic rings. The molecule has 3 rings (SSSR count). The van der Waals surface area contributed by atoms with Crippen molar-refractivity contribution in [3.05, 3.63) is 0 Å². The lowest BCUT2D eigenvalue weighted by molar-refractivity contribution is -0.157. The maximum absolute atomic E-state index is 12.6. The fourth-order valence-electron chi connectivity index (χ4n) is 4.41. The Bertz CT molecular complexity index is 518. The van der Waals surface area contributed by atoms with Gasteiger partial charge in [-0.15, -0.1) is 0 Å². The molecule has 2 aliphatic carbocycles. The smallest absolute Gasteiger partial charge is 0.324 e. The van der Waals surface area contributed by atoms with Gasteiger partial charge in [-0.3, -0.25) is 4.79 Å². The van der Waals surface area contributed by atoms with Crippen molar-refractivity contribution in [3.63, 3.8) is 0 Å². The van der Waals surface area contributed by atoms with Gasteiger partial charge in [0, 0.05) is 6.54 Å². The number of hydrogen-bond donors (Lipinski definition) is 0. The van der Waals surface area contributed by atoms with Gasteiger partial charge in [0.2, 0.25) is 10.0 Å². The summed E-state index contributed by atoms with van der Waals surface area (Å²) in [5.74, 6) is 1.04. The van der Waals surface area contributed by atoms with E-state index in [1.165, 1.54) is 17.1 Å². The second kappa shape index (κ2) is 6.48. The number of piperidine rings is 1. The molecule has 1 saturated heterocycles. The lowest BCUT2D eigenvalue weighted by Crippen LogP contribution is -2.50. The minimum atomic E-state index is -3.34. The SMILES string of the molecule is CCCS(=O)(=O)N1CCCC[C@H]1C(=O)O[C@H]1C[C@H]2CC[C@H]1C2. The van der Waals surface area contributed by atoms with E-state index < -0.39 is 16.1 Å². The van der Waals surface area contributed by atoms with Crippen LogP contribution < -0.4 is 0 Å². The fraction of sp³-hybridized carbons (Fsp3) is 0.938. The number of hydrogen-bond acceptors (Lipinski definition) is 4. The summed E-state index contributed by atoms with van der Waals surface area (Å²) in [6.07, 6.45) is 7.52. The van der Waals surface area contributed by atoms with Gasteiger partial charge in [-0.05, 0) is 63.2 Å². The maximum atomic E-state index is 12.6. The molecule has 0 unspecified atom stereocenters. The average Bonchev–Trinajstić information content (AvgIpc) is 3.10. The summed E-state index contributed by atoms with van der Waals surface area (Å²) in [6, 6.07) is -0.593. The minimum absolute atomic E-state index is 0.0314. The number of sulfonamides is 1. The Balaban J connectivity index is 1.66. The Morgan fingerprint density at radius 2 is 2.00 bits per heavy atom. The molecule has 0 aromatic carbocycles. The second-order valence-electron chi connectivity index (χ2n) is 7.09. The van der Waals surface area contributed by atoms with E-state index in [1.54, 1.807) is 0 Å². The number of carbonyl (C=O) groups is 1. The lowest BCUT2D eigenvalue weighted by Gasteiger charge is -2.34. The number of fused-ring (bicyclic) bond motifs is 2. The summed E-state index contributed by atoms with van der Waals surface area (Å²) >= 11 is 0. The molecule has 0 spiro atoms. The number of carbonyl (C=O) groups excluding carboxylic acids is 1. The van der Waals surface area contributed by atoms with Crippen LogP contribution >= 0.6 is 0 Å². The monoisotopic (exact) mass is 329 g/mol. The van der Waals surface area contributed by atoms with Gasteiger partial charge in [-0.2, -0.15) is 4.31 Å². The highest BCUT2D eigenvalue weighted by Gasteiger charge is 2.44. The number of rotatable bonds is 5. The van der Waals surface area contributed by atoms with Gasteiger partial charge in [0.1, 0.15) is 12.1 Å². The lowest BCUT2D eigenvalue weighted by atomic mass is 9.97. The molecule has 2 saturated carbocycles. The van der Waals surface area contributed by atoms with E-state index in [1.807, 2.05) is 6.92 Å². The molecular weight excluding hydrogens is 302 g/mol. The molecule has 0 N–H and O–H groups in total. The van der Waals surface area contributed by atoms with E-state index >= 15 is 0 Å². The predicted octanol–water partition coefficient (Wildman–Crippen LogP) is 2.31. The van der Waals surface area contributed by atoms with Crippen molar-refractivity contribution in [2.75, 3.05) is 12.3 Å². The van der Waals surface area contributed by atoms with Crippen LogP contribution in [0.25, 0.3) is 0 Å². The predicted molar refractivity (Wildman–Crippen MR) is 83.8 cm³/mol. The molecule has 3 aliphatic rings.